The van der Waals surface area contributed by atoms with E-state index in [0.29, 0.717) is 11.4 Å². The summed E-state index contributed by atoms with van der Waals surface area (Å²) in [5, 5.41) is 2.90. The zero-order valence-electron chi connectivity index (χ0n) is 19.5. The van der Waals surface area contributed by atoms with Crippen molar-refractivity contribution in [3.63, 3.8) is 0 Å². The highest BCUT2D eigenvalue weighted by Gasteiger charge is 2.17. The van der Waals surface area contributed by atoms with Crippen molar-refractivity contribution in [2.45, 2.75) is 6.61 Å². The summed E-state index contributed by atoms with van der Waals surface area (Å²) in [6.07, 6.45) is 5.28. The van der Waals surface area contributed by atoms with Gasteiger partial charge in [-0.25, -0.2) is 27.2 Å². The van der Waals surface area contributed by atoms with E-state index in [4.69, 9.17) is 16.3 Å². The number of carbonyl (C=O) groups is 1. The fourth-order valence-corrected chi connectivity index (χ4v) is 4.31. The molecule has 0 aliphatic carbocycles. The highest BCUT2D eigenvalue weighted by atomic mass is 35.5. The SMILES string of the molecule is Cn1cc(C(=O)Nc2cc(Cl)cc(NS(C)(=O)=O)c2)cc1-c1ncncc1OCc1cc(F)cc(F)c1. The van der Waals surface area contributed by atoms with E-state index in [2.05, 4.69) is 20.0 Å². The number of hydrogen-bond donors (Lipinski definition) is 2. The molecule has 0 spiro atoms. The smallest absolute Gasteiger partial charge is 0.257 e. The molecule has 0 saturated heterocycles. The fraction of sp³-hybridized carbons (Fsp3) is 0.125. The van der Waals surface area contributed by atoms with Gasteiger partial charge in [0.1, 0.15) is 30.3 Å². The molecule has 0 fully saturated rings. The predicted molar refractivity (Wildman–Crippen MR) is 135 cm³/mol. The topological polar surface area (TPSA) is 115 Å². The predicted octanol–water partition coefficient (Wildman–Crippen LogP) is 4.62. The number of halogens is 3. The number of sulfonamides is 1. The molecule has 0 unspecified atom stereocenters. The molecule has 0 atom stereocenters. The van der Waals surface area contributed by atoms with Gasteiger partial charge in [-0.2, -0.15) is 0 Å². The first-order valence-corrected chi connectivity index (χ1v) is 12.9. The zero-order chi connectivity index (χ0) is 26.7. The van der Waals surface area contributed by atoms with Gasteiger partial charge in [-0.1, -0.05) is 11.6 Å². The number of anilines is 2. The lowest BCUT2D eigenvalue weighted by molar-refractivity contribution is 0.102. The third-order valence-electron chi connectivity index (χ3n) is 4.96. The molecule has 0 aliphatic rings. The molecule has 2 N–H and O–H groups in total. The monoisotopic (exact) mass is 547 g/mol. The second kappa shape index (κ2) is 10.5. The molecule has 13 heteroatoms. The van der Waals surface area contributed by atoms with Crippen LogP contribution in [-0.4, -0.2) is 35.1 Å². The van der Waals surface area contributed by atoms with Gasteiger partial charge in [0, 0.05) is 30.0 Å². The number of aromatic nitrogens is 3. The molecule has 4 rings (SSSR count). The lowest BCUT2D eigenvalue weighted by Crippen LogP contribution is -2.13. The van der Waals surface area contributed by atoms with Crippen molar-refractivity contribution in [3.8, 4) is 17.1 Å². The van der Waals surface area contributed by atoms with Crippen LogP contribution in [0.25, 0.3) is 11.4 Å². The minimum Gasteiger partial charge on any atom is -0.485 e. The zero-order valence-corrected chi connectivity index (χ0v) is 21.1. The first-order chi connectivity index (χ1) is 17.5. The number of amides is 1. The van der Waals surface area contributed by atoms with Crippen LogP contribution in [0.4, 0.5) is 20.2 Å². The Morgan fingerprint density at radius 1 is 1.08 bits per heavy atom. The quantitative estimate of drug-likeness (QED) is 0.333. The second-order valence-corrected chi connectivity index (χ2v) is 10.3. The van der Waals surface area contributed by atoms with Crippen LogP contribution >= 0.6 is 11.6 Å². The standard InChI is InChI=1S/C24H20ClF2N5O4S/c1-32-11-15(24(33)30-19-6-16(25)7-20(9-19)31-37(2,34)35)5-21(32)23-22(10-28-13-29-23)36-12-14-3-17(26)8-18(27)4-14/h3-11,13,31H,12H2,1-2H3,(H,30,33). The van der Waals surface area contributed by atoms with E-state index in [9.17, 15) is 22.0 Å². The third kappa shape index (κ3) is 6.80. The number of aryl methyl sites for hydroxylation is 1. The maximum Gasteiger partial charge on any atom is 0.257 e. The van der Waals surface area contributed by atoms with Gasteiger partial charge >= 0.3 is 0 Å². The van der Waals surface area contributed by atoms with Crippen LogP contribution in [0, 0.1) is 11.6 Å². The van der Waals surface area contributed by atoms with E-state index in [1.165, 1.54) is 30.7 Å². The van der Waals surface area contributed by atoms with Crippen LogP contribution in [0.1, 0.15) is 15.9 Å². The Hall–Kier alpha value is -4.03. The van der Waals surface area contributed by atoms with Crippen LogP contribution < -0.4 is 14.8 Å². The molecule has 4 aromatic rings. The summed E-state index contributed by atoms with van der Waals surface area (Å²) in [6, 6.07) is 8.97. The molecular weight excluding hydrogens is 528 g/mol. The normalized spacial score (nSPS) is 11.3. The third-order valence-corrected chi connectivity index (χ3v) is 5.79. The van der Waals surface area contributed by atoms with Crippen molar-refractivity contribution in [2.24, 2.45) is 7.05 Å². The molecule has 0 bridgehead atoms. The molecule has 0 saturated carbocycles. The van der Waals surface area contributed by atoms with Crippen molar-refractivity contribution in [2.75, 3.05) is 16.3 Å². The van der Waals surface area contributed by atoms with Crippen LogP contribution in [0.15, 0.2) is 61.2 Å². The van der Waals surface area contributed by atoms with E-state index in [1.54, 1.807) is 23.9 Å². The van der Waals surface area contributed by atoms with Crippen molar-refractivity contribution in [1.82, 2.24) is 14.5 Å². The summed E-state index contributed by atoms with van der Waals surface area (Å²) in [4.78, 5) is 21.1. The van der Waals surface area contributed by atoms with Gasteiger partial charge in [0.25, 0.3) is 5.91 Å². The van der Waals surface area contributed by atoms with Gasteiger partial charge < -0.3 is 14.6 Å². The van der Waals surface area contributed by atoms with E-state index < -0.39 is 27.6 Å². The van der Waals surface area contributed by atoms with Gasteiger partial charge in [-0.3, -0.25) is 9.52 Å². The second-order valence-electron chi connectivity index (χ2n) is 8.08. The summed E-state index contributed by atoms with van der Waals surface area (Å²) >= 11 is 6.07. The minimum absolute atomic E-state index is 0.133. The van der Waals surface area contributed by atoms with Crippen LogP contribution in [0.5, 0.6) is 5.75 Å². The van der Waals surface area contributed by atoms with Crippen LogP contribution in [-0.2, 0) is 23.7 Å². The lowest BCUT2D eigenvalue weighted by atomic mass is 10.2. The Labute approximate surface area is 216 Å². The number of ether oxygens (including phenoxy) is 1. The molecule has 1 amide bonds. The average molecular weight is 548 g/mol. The molecule has 2 aromatic heterocycles. The van der Waals surface area contributed by atoms with Gasteiger partial charge in [-0.05, 0) is 42.0 Å². The minimum atomic E-state index is -3.54. The first-order valence-electron chi connectivity index (χ1n) is 10.6. The Bertz CT molecular complexity index is 1570. The summed E-state index contributed by atoms with van der Waals surface area (Å²) < 4.78 is 59.8. The fourth-order valence-electron chi connectivity index (χ4n) is 3.53. The number of benzene rings is 2. The summed E-state index contributed by atoms with van der Waals surface area (Å²) in [6.45, 7) is -0.133. The molecule has 192 valence electrons. The summed E-state index contributed by atoms with van der Waals surface area (Å²) in [5.74, 6) is -1.69. The molecular formula is C24H20ClF2N5O4S. The number of nitrogens with one attached hydrogen (secondary N) is 2. The Morgan fingerprint density at radius 3 is 2.49 bits per heavy atom. The summed E-state index contributed by atoms with van der Waals surface area (Å²) in [5.41, 5.74) is 1.90. The van der Waals surface area contributed by atoms with Crippen LogP contribution in [0.3, 0.4) is 0 Å². The Kier molecular flexibility index (Phi) is 7.41. The highest BCUT2D eigenvalue weighted by Crippen LogP contribution is 2.30. The Balaban J connectivity index is 1.55. The van der Waals surface area contributed by atoms with E-state index in [1.807, 2.05) is 0 Å². The number of carbonyl (C=O) groups excluding carboxylic acids is 1. The number of hydrogen-bond acceptors (Lipinski definition) is 6. The number of rotatable bonds is 8. The highest BCUT2D eigenvalue weighted by molar-refractivity contribution is 7.92. The molecule has 2 heterocycles. The summed E-state index contributed by atoms with van der Waals surface area (Å²) in [7, 11) is -1.84. The largest absolute Gasteiger partial charge is 0.485 e. The lowest BCUT2D eigenvalue weighted by Gasteiger charge is -2.11. The van der Waals surface area contributed by atoms with Crippen molar-refractivity contribution < 1.29 is 26.7 Å². The number of nitrogens with zero attached hydrogens (tertiary/aromatic N) is 3. The van der Waals surface area contributed by atoms with E-state index in [-0.39, 0.29) is 39.9 Å². The maximum atomic E-state index is 13.5. The molecule has 0 radical (unpaired) electrons. The maximum absolute atomic E-state index is 13.5. The molecule has 9 nitrogen and oxygen atoms in total. The van der Waals surface area contributed by atoms with Crippen molar-refractivity contribution >= 4 is 38.9 Å². The van der Waals surface area contributed by atoms with Gasteiger partial charge in [0.2, 0.25) is 10.0 Å². The average Bonchev–Trinajstić information content (AvgIpc) is 3.17. The molecule has 37 heavy (non-hydrogen) atoms. The van der Waals surface area contributed by atoms with Crippen molar-refractivity contribution in [1.29, 1.82) is 0 Å². The van der Waals surface area contributed by atoms with Crippen molar-refractivity contribution in [3.05, 3.63) is 89.0 Å². The Morgan fingerprint density at radius 2 is 1.78 bits per heavy atom. The van der Waals surface area contributed by atoms with E-state index in [0.717, 1.165) is 24.5 Å². The van der Waals surface area contributed by atoms with Gasteiger partial charge in [0.15, 0.2) is 5.75 Å². The van der Waals surface area contributed by atoms with Gasteiger partial charge in [-0.15, -0.1) is 0 Å². The molecule has 2 aromatic carbocycles. The van der Waals surface area contributed by atoms with Crippen LogP contribution in [0.2, 0.25) is 5.02 Å². The van der Waals surface area contributed by atoms with E-state index >= 15 is 0 Å². The van der Waals surface area contributed by atoms with Gasteiger partial charge in [0.05, 0.1) is 29.4 Å². The molecule has 0 aliphatic heterocycles. The first kappa shape index (κ1) is 26.0.